The summed E-state index contributed by atoms with van der Waals surface area (Å²) in [5.74, 6) is 0.174. The summed E-state index contributed by atoms with van der Waals surface area (Å²) < 4.78 is 5.21. The number of fused-ring (bicyclic) bond motifs is 1. The van der Waals surface area contributed by atoms with Crippen LogP contribution in [-0.2, 0) is 11.2 Å². The fraction of sp³-hybridized carbons (Fsp3) is 0.294. The second-order valence-electron chi connectivity index (χ2n) is 5.59. The van der Waals surface area contributed by atoms with Crippen molar-refractivity contribution in [3.8, 4) is 0 Å². The Bertz CT molecular complexity index is 733. The molecule has 1 aliphatic rings. The molecule has 2 N–H and O–H groups in total. The number of nitrogens with one attached hydrogen (secondary N) is 2. The van der Waals surface area contributed by atoms with Crippen LogP contribution in [0.4, 0.5) is 5.69 Å². The topological polar surface area (TPSA) is 71.3 Å². The van der Waals surface area contributed by atoms with Gasteiger partial charge in [-0.2, -0.15) is 0 Å². The van der Waals surface area contributed by atoms with Crippen LogP contribution >= 0.6 is 0 Å². The van der Waals surface area contributed by atoms with E-state index in [0.717, 1.165) is 28.8 Å². The van der Waals surface area contributed by atoms with Crippen molar-refractivity contribution in [1.82, 2.24) is 5.32 Å². The lowest BCUT2D eigenvalue weighted by Crippen LogP contribution is -2.27. The van der Waals surface area contributed by atoms with Crippen molar-refractivity contribution in [2.24, 2.45) is 0 Å². The van der Waals surface area contributed by atoms with Crippen molar-refractivity contribution in [1.29, 1.82) is 0 Å². The molecule has 1 atom stereocenters. The van der Waals surface area contributed by atoms with Crippen molar-refractivity contribution < 1.29 is 14.0 Å². The lowest BCUT2D eigenvalue weighted by molar-refractivity contribution is -0.116. The van der Waals surface area contributed by atoms with E-state index in [0.29, 0.717) is 12.2 Å². The van der Waals surface area contributed by atoms with Gasteiger partial charge in [-0.25, -0.2) is 0 Å². The highest BCUT2D eigenvalue weighted by Gasteiger charge is 2.19. The van der Waals surface area contributed by atoms with Gasteiger partial charge >= 0.3 is 0 Å². The van der Waals surface area contributed by atoms with Crippen LogP contribution in [0.1, 0.15) is 46.6 Å². The third-order valence-electron chi connectivity index (χ3n) is 3.94. The molecule has 0 aliphatic carbocycles. The number of aryl methyl sites for hydroxylation is 2. The van der Waals surface area contributed by atoms with E-state index in [1.165, 1.54) is 6.26 Å². The number of rotatable bonds is 3. The summed E-state index contributed by atoms with van der Waals surface area (Å²) in [5.41, 5.74) is 3.79. The minimum Gasteiger partial charge on any atom is -0.459 e. The summed E-state index contributed by atoms with van der Waals surface area (Å²) in [5, 5.41) is 5.79. The van der Waals surface area contributed by atoms with Crippen LogP contribution in [0, 0.1) is 6.92 Å². The Labute approximate surface area is 128 Å². The monoisotopic (exact) mass is 298 g/mol. The molecule has 1 unspecified atom stereocenters. The van der Waals surface area contributed by atoms with Crippen LogP contribution in [0.2, 0.25) is 0 Å². The van der Waals surface area contributed by atoms with E-state index < -0.39 is 0 Å². The predicted octanol–water partition coefficient (Wildman–Crippen LogP) is 2.96. The van der Waals surface area contributed by atoms with Gasteiger partial charge in [0.1, 0.15) is 0 Å². The quantitative estimate of drug-likeness (QED) is 0.915. The number of benzene rings is 1. The highest BCUT2D eigenvalue weighted by atomic mass is 16.3. The molecule has 5 nitrogen and oxygen atoms in total. The average molecular weight is 298 g/mol. The van der Waals surface area contributed by atoms with Crippen LogP contribution in [0.3, 0.4) is 0 Å². The Morgan fingerprint density at radius 2 is 2.14 bits per heavy atom. The van der Waals surface area contributed by atoms with Crippen molar-refractivity contribution in [3.05, 3.63) is 53.0 Å². The summed E-state index contributed by atoms with van der Waals surface area (Å²) in [7, 11) is 0. The molecule has 0 fully saturated rings. The first kappa shape index (κ1) is 14.4. The number of carbonyl (C=O) groups is 2. The van der Waals surface area contributed by atoms with Crippen LogP contribution in [0.15, 0.2) is 34.9 Å². The number of hydrogen-bond acceptors (Lipinski definition) is 3. The third kappa shape index (κ3) is 2.74. The van der Waals surface area contributed by atoms with Gasteiger partial charge in [0.2, 0.25) is 5.91 Å². The summed E-state index contributed by atoms with van der Waals surface area (Å²) in [6.45, 7) is 3.77. The van der Waals surface area contributed by atoms with Gasteiger partial charge in [-0.05, 0) is 43.5 Å². The smallest absolute Gasteiger partial charge is 0.287 e. The molecule has 2 aromatic rings. The van der Waals surface area contributed by atoms with E-state index >= 15 is 0 Å². The Balaban J connectivity index is 1.75. The van der Waals surface area contributed by atoms with Crippen molar-refractivity contribution in [2.75, 3.05) is 5.32 Å². The zero-order valence-electron chi connectivity index (χ0n) is 12.6. The summed E-state index contributed by atoms with van der Waals surface area (Å²) >= 11 is 0. The number of carbonyl (C=O) groups excluding carboxylic acids is 2. The first-order valence-corrected chi connectivity index (χ1v) is 7.32. The molecule has 0 spiro atoms. The summed E-state index contributed by atoms with van der Waals surface area (Å²) in [6, 6.07) is 7.47. The van der Waals surface area contributed by atoms with Crippen LogP contribution in [-0.4, -0.2) is 11.8 Å². The van der Waals surface area contributed by atoms with Crippen LogP contribution in [0.25, 0.3) is 0 Å². The van der Waals surface area contributed by atoms with Crippen LogP contribution < -0.4 is 10.6 Å². The Kier molecular flexibility index (Phi) is 3.71. The van der Waals surface area contributed by atoms with Gasteiger partial charge in [0.05, 0.1) is 12.3 Å². The number of amides is 2. The average Bonchev–Trinajstić information content (AvgIpc) is 2.92. The molecule has 2 heterocycles. The van der Waals surface area contributed by atoms with E-state index in [1.807, 2.05) is 32.0 Å². The zero-order valence-corrected chi connectivity index (χ0v) is 12.6. The van der Waals surface area contributed by atoms with E-state index in [2.05, 4.69) is 10.6 Å². The van der Waals surface area contributed by atoms with Gasteiger partial charge in [0.25, 0.3) is 5.91 Å². The molecule has 5 heteroatoms. The van der Waals surface area contributed by atoms with Gasteiger partial charge in [-0.3, -0.25) is 9.59 Å². The molecule has 0 radical (unpaired) electrons. The Morgan fingerprint density at radius 1 is 1.32 bits per heavy atom. The normalized spacial score (nSPS) is 14.9. The van der Waals surface area contributed by atoms with Gasteiger partial charge in [0, 0.05) is 17.7 Å². The SMILES string of the molecule is Cc1ccoc1C(=O)NC(C)c1ccc2c(c1)CCC(=O)N2. The highest BCUT2D eigenvalue weighted by molar-refractivity contribution is 5.94. The third-order valence-corrected chi connectivity index (χ3v) is 3.94. The number of hydrogen-bond donors (Lipinski definition) is 2. The van der Waals surface area contributed by atoms with Crippen LogP contribution in [0.5, 0.6) is 0 Å². The van der Waals surface area contributed by atoms with E-state index in [4.69, 9.17) is 4.42 Å². The van der Waals surface area contributed by atoms with Gasteiger partial charge < -0.3 is 15.1 Å². The maximum absolute atomic E-state index is 12.2. The largest absolute Gasteiger partial charge is 0.459 e. The second-order valence-corrected chi connectivity index (χ2v) is 5.59. The number of anilines is 1. The molecule has 0 saturated carbocycles. The second kappa shape index (κ2) is 5.67. The molecule has 1 aromatic heterocycles. The molecule has 3 rings (SSSR count). The minimum atomic E-state index is -0.221. The standard InChI is InChI=1S/C17H18N2O3/c1-10-7-8-22-16(10)17(21)18-11(2)12-3-5-14-13(9-12)4-6-15(20)19-14/h3,5,7-9,11H,4,6H2,1-2H3,(H,18,21)(H,19,20). The maximum Gasteiger partial charge on any atom is 0.287 e. The van der Waals surface area contributed by atoms with E-state index in [9.17, 15) is 9.59 Å². The highest BCUT2D eigenvalue weighted by Crippen LogP contribution is 2.26. The minimum absolute atomic E-state index is 0.0508. The predicted molar refractivity (Wildman–Crippen MR) is 82.7 cm³/mol. The molecule has 1 aliphatic heterocycles. The lowest BCUT2D eigenvalue weighted by Gasteiger charge is -2.20. The fourth-order valence-electron chi connectivity index (χ4n) is 2.62. The number of furan rings is 1. The fourth-order valence-corrected chi connectivity index (χ4v) is 2.62. The van der Waals surface area contributed by atoms with Crippen molar-refractivity contribution in [2.45, 2.75) is 32.7 Å². The van der Waals surface area contributed by atoms with E-state index in [1.54, 1.807) is 6.07 Å². The van der Waals surface area contributed by atoms with Gasteiger partial charge in [-0.15, -0.1) is 0 Å². The molecular formula is C17H18N2O3. The zero-order chi connectivity index (χ0) is 15.7. The summed E-state index contributed by atoms with van der Waals surface area (Å²) in [4.78, 5) is 23.6. The lowest BCUT2D eigenvalue weighted by atomic mass is 9.98. The molecule has 1 aromatic carbocycles. The van der Waals surface area contributed by atoms with Gasteiger partial charge in [-0.1, -0.05) is 12.1 Å². The maximum atomic E-state index is 12.2. The molecule has 114 valence electrons. The molecule has 0 saturated heterocycles. The van der Waals surface area contributed by atoms with Crippen molar-refractivity contribution >= 4 is 17.5 Å². The van der Waals surface area contributed by atoms with Gasteiger partial charge in [0.15, 0.2) is 5.76 Å². The first-order chi connectivity index (χ1) is 10.5. The molecular weight excluding hydrogens is 280 g/mol. The van der Waals surface area contributed by atoms with E-state index in [-0.39, 0.29) is 17.9 Å². The Hall–Kier alpha value is -2.56. The van der Waals surface area contributed by atoms with Crippen molar-refractivity contribution in [3.63, 3.8) is 0 Å². The molecule has 2 amide bonds. The summed E-state index contributed by atoms with van der Waals surface area (Å²) in [6.07, 6.45) is 2.74. The molecule has 0 bridgehead atoms. The Morgan fingerprint density at radius 3 is 2.86 bits per heavy atom. The first-order valence-electron chi connectivity index (χ1n) is 7.32. The molecule has 22 heavy (non-hydrogen) atoms.